The number of rotatable bonds is 6. The Hall–Kier alpha value is -1.30. The van der Waals surface area contributed by atoms with Crippen LogP contribution in [0.5, 0.6) is 0 Å². The van der Waals surface area contributed by atoms with Gasteiger partial charge in [0.1, 0.15) is 12.1 Å². The Balaban J connectivity index is 1.63. The third-order valence-electron chi connectivity index (χ3n) is 6.85. The van der Waals surface area contributed by atoms with Crippen molar-refractivity contribution in [2.24, 2.45) is 5.41 Å². The highest BCUT2D eigenvalue weighted by atomic mass is 16.3. The van der Waals surface area contributed by atoms with E-state index < -0.39 is 23.8 Å². The van der Waals surface area contributed by atoms with Crippen LogP contribution in [-0.2, 0) is 9.59 Å². The standard InChI is InChI=1S/C22H42N6O4/c1-21(2,3)18(20(31)27-13-16(29)11-17(27)19(30)23-5)28-12-15(24-25-28)7-10-26-9-6-8-22(4,32)14-26/h15-18,24-25,29,32H,6-14H2,1-5H3,(H,23,30). The van der Waals surface area contributed by atoms with Crippen LogP contribution < -0.4 is 16.3 Å². The van der Waals surface area contributed by atoms with E-state index in [2.05, 4.69) is 21.2 Å². The summed E-state index contributed by atoms with van der Waals surface area (Å²) in [5.74, 6) is -0.393. The van der Waals surface area contributed by atoms with Crippen LogP contribution in [0.2, 0.25) is 0 Å². The van der Waals surface area contributed by atoms with E-state index in [1.807, 2.05) is 32.7 Å². The number of likely N-dealkylation sites (N-methyl/N-ethyl adjacent to an activating group) is 1. The Labute approximate surface area is 191 Å². The van der Waals surface area contributed by atoms with Gasteiger partial charge in [0.25, 0.3) is 0 Å². The SMILES string of the molecule is CNC(=O)C1CC(O)CN1C(=O)C(N1CC(CCN2CCCC(C)(O)C2)NN1)C(C)(C)C. The number of aliphatic hydroxyl groups excluding tert-OH is 1. The van der Waals surface area contributed by atoms with Crippen LogP contribution in [0.4, 0.5) is 0 Å². The second-order valence-corrected chi connectivity index (χ2v) is 11.0. The molecule has 3 heterocycles. The minimum atomic E-state index is -0.693. The highest BCUT2D eigenvalue weighted by Crippen LogP contribution is 2.30. The van der Waals surface area contributed by atoms with Gasteiger partial charge in [-0.2, -0.15) is 5.53 Å². The molecule has 0 spiro atoms. The van der Waals surface area contributed by atoms with Crippen molar-refractivity contribution in [3.63, 3.8) is 0 Å². The van der Waals surface area contributed by atoms with Gasteiger partial charge in [-0.3, -0.25) is 9.59 Å². The quantitative estimate of drug-likeness (QED) is 0.348. The maximum Gasteiger partial charge on any atom is 0.242 e. The third kappa shape index (κ3) is 5.98. The molecular weight excluding hydrogens is 412 g/mol. The number of hydrazine groups is 2. The Morgan fingerprint density at radius 1 is 1.28 bits per heavy atom. The summed E-state index contributed by atoms with van der Waals surface area (Å²) in [5, 5.41) is 25.0. The van der Waals surface area contributed by atoms with E-state index in [1.54, 1.807) is 7.05 Å². The third-order valence-corrected chi connectivity index (χ3v) is 6.85. The molecule has 2 amide bonds. The number of carbonyl (C=O) groups excluding carboxylic acids is 2. The van der Waals surface area contributed by atoms with Crippen molar-refractivity contribution in [1.29, 1.82) is 0 Å². The lowest BCUT2D eigenvalue weighted by atomic mass is 9.85. The molecule has 0 bridgehead atoms. The first-order chi connectivity index (χ1) is 14.9. The highest BCUT2D eigenvalue weighted by Gasteiger charge is 2.47. The molecule has 3 aliphatic heterocycles. The van der Waals surface area contributed by atoms with Gasteiger partial charge in [0, 0.05) is 39.1 Å². The molecule has 0 saturated carbocycles. The molecule has 0 aromatic heterocycles. The fourth-order valence-electron chi connectivity index (χ4n) is 5.29. The molecule has 5 unspecified atom stereocenters. The second-order valence-electron chi connectivity index (χ2n) is 11.0. The molecule has 3 rings (SSSR count). The minimum absolute atomic E-state index is 0.148. The van der Waals surface area contributed by atoms with E-state index in [0.717, 1.165) is 32.4 Å². The van der Waals surface area contributed by atoms with Gasteiger partial charge in [-0.1, -0.05) is 20.8 Å². The van der Waals surface area contributed by atoms with Gasteiger partial charge >= 0.3 is 0 Å². The van der Waals surface area contributed by atoms with Gasteiger partial charge in [-0.15, -0.1) is 0 Å². The Kier molecular flexibility index (Phi) is 7.84. The molecule has 5 N–H and O–H groups in total. The molecule has 0 aromatic carbocycles. The minimum Gasteiger partial charge on any atom is -0.391 e. The molecule has 32 heavy (non-hydrogen) atoms. The zero-order valence-electron chi connectivity index (χ0n) is 20.2. The zero-order chi connectivity index (χ0) is 23.7. The summed E-state index contributed by atoms with van der Waals surface area (Å²) in [5.41, 5.74) is 5.51. The van der Waals surface area contributed by atoms with Crippen LogP contribution in [0.1, 0.15) is 53.4 Å². The van der Waals surface area contributed by atoms with Crippen LogP contribution in [0.15, 0.2) is 0 Å². The fraction of sp³-hybridized carbons (Fsp3) is 0.909. The van der Waals surface area contributed by atoms with Crippen LogP contribution in [0.3, 0.4) is 0 Å². The summed E-state index contributed by atoms with van der Waals surface area (Å²) in [4.78, 5) is 29.8. The second kappa shape index (κ2) is 9.90. The first kappa shape index (κ1) is 25.3. The molecule has 10 heteroatoms. The Bertz CT molecular complexity index is 682. The first-order valence-electron chi connectivity index (χ1n) is 11.8. The maximum absolute atomic E-state index is 13.6. The average molecular weight is 455 g/mol. The van der Waals surface area contributed by atoms with E-state index in [0.29, 0.717) is 13.1 Å². The molecule has 0 aliphatic carbocycles. The summed E-state index contributed by atoms with van der Waals surface area (Å²) in [6, 6.07) is -0.975. The van der Waals surface area contributed by atoms with E-state index in [1.165, 1.54) is 4.90 Å². The van der Waals surface area contributed by atoms with Crippen molar-refractivity contribution in [2.75, 3.05) is 39.8 Å². The van der Waals surface area contributed by atoms with E-state index in [-0.39, 0.29) is 36.2 Å². The number of hydrogen-bond acceptors (Lipinski definition) is 8. The molecule has 0 aromatic rings. The molecule has 0 radical (unpaired) electrons. The molecule has 184 valence electrons. The number of piperidine rings is 1. The van der Waals surface area contributed by atoms with Gasteiger partial charge in [-0.25, -0.2) is 10.4 Å². The fourth-order valence-corrected chi connectivity index (χ4v) is 5.29. The maximum atomic E-state index is 13.6. The molecule has 3 aliphatic rings. The van der Waals surface area contributed by atoms with Crippen molar-refractivity contribution in [2.45, 2.75) is 83.2 Å². The molecular formula is C22H42N6O4. The van der Waals surface area contributed by atoms with Crippen molar-refractivity contribution in [3.05, 3.63) is 0 Å². The Morgan fingerprint density at radius 2 is 2.00 bits per heavy atom. The van der Waals surface area contributed by atoms with Gasteiger partial charge in [0.15, 0.2) is 0 Å². The summed E-state index contributed by atoms with van der Waals surface area (Å²) in [7, 11) is 1.55. The average Bonchev–Trinajstić information content (AvgIpc) is 3.30. The topological polar surface area (TPSA) is 120 Å². The van der Waals surface area contributed by atoms with Crippen LogP contribution in [0.25, 0.3) is 0 Å². The lowest BCUT2D eigenvalue weighted by Gasteiger charge is -2.39. The van der Waals surface area contributed by atoms with E-state index in [9.17, 15) is 19.8 Å². The number of carbonyl (C=O) groups is 2. The molecule has 3 saturated heterocycles. The number of nitrogens with zero attached hydrogens (tertiary/aromatic N) is 3. The van der Waals surface area contributed by atoms with Crippen molar-refractivity contribution in [3.8, 4) is 0 Å². The van der Waals surface area contributed by atoms with Gasteiger partial charge in [-0.05, 0) is 44.7 Å². The largest absolute Gasteiger partial charge is 0.391 e. The Morgan fingerprint density at radius 3 is 2.62 bits per heavy atom. The monoisotopic (exact) mass is 454 g/mol. The van der Waals surface area contributed by atoms with E-state index >= 15 is 0 Å². The zero-order valence-corrected chi connectivity index (χ0v) is 20.2. The van der Waals surface area contributed by atoms with Crippen LogP contribution >= 0.6 is 0 Å². The van der Waals surface area contributed by atoms with Crippen molar-refractivity contribution < 1.29 is 19.8 Å². The molecule has 3 fully saturated rings. The lowest BCUT2D eigenvalue weighted by molar-refractivity contribution is -0.147. The number of hydrogen-bond donors (Lipinski definition) is 5. The number of aliphatic hydroxyl groups is 2. The number of likely N-dealkylation sites (tertiary alicyclic amines) is 2. The summed E-state index contributed by atoms with van der Waals surface area (Å²) in [6.45, 7) is 11.3. The number of nitrogens with one attached hydrogen (secondary N) is 3. The predicted octanol–water partition coefficient (Wildman–Crippen LogP) is -0.961. The smallest absolute Gasteiger partial charge is 0.242 e. The van der Waals surface area contributed by atoms with Crippen molar-refractivity contribution >= 4 is 11.8 Å². The molecule has 10 nitrogen and oxygen atoms in total. The van der Waals surface area contributed by atoms with Crippen molar-refractivity contribution in [1.82, 2.24) is 31.1 Å². The summed E-state index contributed by atoms with van der Waals surface area (Å²) >= 11 is 0. The van der Waals surface area contributed by atoms with E-state index in [4.69, 9.17) is 0 Å². The number of amides is 2. The van der Waals surface area contributed by atoms with Gasteiger partial charge in [0.05, 0.1) is 11.7 Å². The van der Waals surface area contributed by atoms with Gasteiger partial charge < -0.3 is 25.3 Å². The van der Waals surface area contributed by atoms with Crippen LogP contribution in [0, 0.1) is 5.41 Å². The predicted molar refractivity (Wildman–Crippen MR) is 121 cm³/mol. The summed E-state index contributed by atoms with van der Waals surface area (Å²) in [6.07, 6.45) is 2.31. The lowest BCUT2D eigenvalue weighted by Crippen LogP contribution is -2.60. The first-order valence-corrected chi connectivity index (χ1v) is 11.8. The normalized spacial score (nSPS) is 33.5. The summed E-state index contributed by atoms with van der Waals surface area (Å²) < 4.78 is 0. The molecule has 5 atom stereocenters. The van der Waals surface area contributed by atoms with Gasteiger partial charge in [0.2, 0.25) is 11.8 Å². The number of β-amino-alcohol motifs (C(OH)–C–C–N with tert-alkyl or cyclic N) is 2. The highest BCUT2D eigenvalue weighted by molar-refractivity contribution is 5.90. The van der Waals surface area contributed by atoms with Crippen LogP contribution in [-0.4, -0.2) is 106 Å².